The van der Waals surface area contributed by atoms with Crippen molar-refractivity contribution in [3.05, 3.63) is 17.0 Å². The van der Waals surface area contributed by atoms with Gasteiger partial charge in [-0.15, -0.1) is 11.3 Å². The average Bonchev–Trinajstić information content (AvgIpc) is 3.11. The van der Waals surface area contributed by atoms with E-state index in [0.29, 0.717) is 12.8 Å². The van der Waals surface area contributed by atoms with Gasteiger partial charge in [0.1, 0.15) is 9.09 Å². The Morgan fingerprint density at radius 1 is 1.32 bits per heavy atom. The second-order valence-electron chi connectivity index (χ2n) is 5.43. The summed E-state index contributed by atoms with van der Waals surface area (Å²) in [5, 5.41) is 9.13. The monoisotopic (exact) mass is 355 g/mol. The number of carboxylic acid groups (broad SMARTS) is 1. The van der Waals surface area contributed by atoms with E-state index in [4.69, 9.17) is 5.11 Å². The molecule has 2 aliphatic heterocycles. The quantitative estimate of drug-likeness (QED) is 0.903. The number of carbonyl (C=O) groups is 1. The molecule has 10 heteroatoms. The number of carboxylic acids is 1. The Bertz CT molecular complexity index is 712. The van der Waals surface area contributed by atoms with Crippen molar-refractivity contribution in [2.45, 2.75) is 41.7 Å². The van der Waals surface area contributed by atoms with E-state index < -0.39 is 45.0 Å². The molecule has 0 amide bonds. The summed E-state index contributed by atoms with van der Waals surface area (Å²) in [6.07, 6.45) is -3.40. The van der Waals surface area contributed by atoms with E-state index in [0.717, 1.165) is 16.4 Å². The Morgan fingerprint density at radius 3 is 2.50 bits per heavy atom. The van der Waals surface area contributed by atoms with Crippen LogP contribution in [0.3, 0.4) is 0 Å². The lowest BCUT2D eigenvalue weighted by Gasteiger charge is -2.21. The fourth-order valence-corrected chi connectivity index (χ4v) is 6.49. The van der Waals surface area contributed by atoms with Crippen molar-refractivity contribution in [3.63, 3.8) is 0 Å². The van der Waals surface area contributed by atoms with Crippen LogP contribution in [0, 0.1) is 5.92 Å². The third-order valence-electron chi connectivity index (χ3n) is 4.18. The summed E-state index contributed by atoms with van der Waals surface area (Å²) in [7, 11) is -4.09. The number of hydrogen-bond donors (Lipinski definition) is 1. The van der Waals surface area contributed by atoms with Crippen LogP contribution in [0.25, 0.3) is 0 Å². The van der Waals surface area contributed by atoms with Gasteiger partial charge in [0.05, 0.1) is 5.92 Å². The van der Waals surface area contributed by atoms with E-state index in [1.165, 1.54) is 0 Å². The summed E-state index contributed by atoms with van der Waals surface area (Å²) < 4.78 is 63.8. The highest BCUT2D eigenvalue weighted by molar-refractivity contribution is 7.91. The first kappa shape index (κ1) is 15.8. The molecule has 3 heterocycles. The molecule has 0 spiro atoms. The molecule has 3 rings (SSSR count). The van der Waals surface area contributed by atoms with Crippen molar-refractivity contribution in [1.29, 1.82) is 0 Å². The molecular weight excluding hydrogens is 343 g/mol. The molecule has 1 aromatic rings. The van der Waals surface area contributed by atoms with Crippen molar-refractivity contribution in [3.8, 4) is 0 Å². The zero-order valence-electron chi connectivity index (χ0n) is 11.1. The van der Waals surface area contributed by atoms with Gasteiger partial charge in [0.2, 0.25) is 0 Å². The van der Waals surface area contributed by atoms with Gasteiger partial charge in [-0.05, 0) is 31.4 Å². The minimum atomic E-state index is -4.59. The molecule has 0 radical (unpaired) electrons. The van der Waals surface area contributed by atoms with Crippen LogP contribution in [0.4, 0.5) is 13.2 Å². The SMILES string of the molecule is O=C(O)C1CC2CCC1N2S(=O)(=O)c1ccc(C(F)(F)F)s1. The zero-order chi connectivity index (χ0) is 16.3. The minimum Gasteiger partial charge on any atom is -0.481 e. The predicted octanol–water partition coefficient (Wildman–Crippen LogP) is 2.39. The molecule has 2 saturated heterocycles. The Balaban J connectivity index is 1.94. The van der Waals surface area contributed by atoms with Crippen LogP contribution in [0.2, 0.25) is 0 Å². The number of aliphatic carboxylic acids is 1. The van der Waals surface area contributed by atoms with E-state index in [2.05, 4.69) is 0 Å². The molecule has 1 N–H and O–H groups in total. The van der Waals surface area contributed by atoms with Crippen LogP contribution < -0.4 is 0 Å². The van der Waals surface area contributed by atoms with Gasteiger partial charge in [-0.2, -0.15) is 17.5 Å². The molecule has 2 aliphatic rings. The number of alkyl halides is 3. The lowest BCUT2D eigenvalue weighted by Crippen LogP contribution is -2.37. The molecule has 22 heavy (non-hydrogen) atoms. The largest absolute Gasteiger partial charge is 0.481 e. The minimum absolute atomic E-state index is 0.173. The Hall–Kier alpha value is -1.13. The van der Waals surface area contributed by atoms with E-state index >= 15 is 0 Å². The topological polar surface area (TPSA) is 74.7 Å². The average molecular weight is 355 g/mol. The summed E-state index contributed by atoms with van der Waals surface area (Å²) in [5.74, 6) is -1.84. The molecule has 2 bridgehead atoms. The highest BCUT2D eigenvalue weighted by Gasteiger charge is 2.54. The van der Waals surface area contributed by atoms with Crippen molar-refractivity contribution < 1.29 is 31.5 Å². The van der Waals surface area contributed by atoms with Crippen LogP contribution in [0.1, 0.15) is 24.1 Å². The van der Waals surface area contributed by atoms with Gasteiger partial charge in [-0.3, -0.25) is 4.79 Å². The van der Waals surface area contributed by atoms with Gasteiger partial charge in [0, 0.05) is 12.1 Å². The zero-order valence-corrected chi connectivity index (χ0v) is 12.7. The predicted molar refractivity (Wildman–Crippen MR) is 70.9 cm³/mol. The second-order valence-corrected chi connectivity index (χ2v) is 8.58. The fourth-order valence-electron chi connectivity index (χ4n) is 3.29. The number of thiophene rings is 1. The lowest BCUT2D eigenvalue weighted by atomic mass is 9.89. The normalized spacial score (nSPS) is 29.1. The summed E-state index contributed by atoms with van der Waals surface area (Å²) >= 11 is 0.173. The first-order valence-corrected chi connectivity index (χ1v) is 8.81. The number of hydrogen-bond acceptors (Lipinski definition) is 4. The van der Waals surface area contributed by atoms with Crippen molar-refractivity contribution in [1.82, 2.24) is 4.31 Å². The van der Waals surface area contributed by atoms with Gasteiger partial charge in [0.25, 0.3) is 10.0 Å². The van der Waals surface area contributed by atoms with Crippen molar-refractivity contribution in [2.24, 2.45) is 5.92 Å². The Kier molecular flexibility index (Phi) is 3.53. The highest BCUT2D eigenvalue weighted by atomic mass is 32.2. The van der Waals surface area contributed by atoms with Crippen molar-refractivity contribution in [2.75, 3.05) is 0 Å². The van der Waals surface area contributed by atoms with E-state index in [-0.39, 0.29) is 22.0 Å². The third kappa shape index (κ3) is 2.33. The number of rotatable bonds is 3. The number of nitrogens with zero attached hydrogens (tertiary/aromatic N) is 1. The van der Waals surface area contributed by atoms with Crippen LogP contribution in [-0.4, -0.2) is 35.9 Å². The standard InChI is InChI=1S/C12H12F3NO4S2/c13-12(14,15)9-3-4-10(21-9)22(19,20)16-6-1-2-8(16)7(5-6)11(17)18/h3-4,6-8H,1-2,5H2,(H,17,18). The number of halogens is 3. The molecule has 3 atom stereocenters. The van der Waals surface area contributed by atoms with Crippen molar-refractivity contribution >= 4 is 27.3 Å². The molecule has 2 fully saturated rings. The van der Waals surface area contributed by atoms with E-state index in [1.807, 2.05) is 0 Å². The van der Waals surface area contributed by atoms with E-state index in [1.54, 1.807) is 0 Å². The Morgan fingerprint density at radius 2 is 2.00 bits per heavy atom. The third-order valence-corrected chi connectivity index (χ3v) is 7.76. The number of sulfonamides is 1. The van der Waals surface area contributed by atoms with E-state index in [9.17, 15) is 26.4 Å². The highest BCUT2D eigenvalue weighted by Crippen LogP contribution is 2.46. The molecular formula is C12H12F3NO4S2. The summed E-state index contributed by atoms with van der Waals surface area (Å²) in [6.45, 7) is 0. The molecule has 5 nitrogen and oxygen atoms in total. The number of fused-ring (bicyclic) bond motifs is 2. The maximum Gasteiger partial charge on any atom is 0.425 e. The van der Waals surface area contributed by atoms with Gasteiger partial charge < -0.3 is 5.11 Å². The Labute approximate surface area is 128 Å². The first-order chi connectivity index (χ1) is 10.1. The maximum atomic E-state index is 12.6. The first-order valence-electron chi connectivity index (χ1n) is 6.56. The smallest absolute Gasteiger partial charge is 0.425 e. The molecule has 0 aromatic carbocycles. The van der Waals surface area contributed by atoms with Gasteiger partial charge in [0.15, 0.2) is 0 Å². The molecule has 0 aliphatic carbocycles. The van der Waals surface area contributed by atoms with Gasteiger partial charge in [-0.25, -0.2) is 8.42 Å². The molecule has 3 unspecified atom stereocenters. The van der Waals surface area contributed by atoms with Gasteiger partial charge in [-0.1, -0.05) is 0 Å². The summed E-state index contributed by atoms with van der Waals surface area (Å²) in [4.78, 5) is 10.2. The molecule has 122 valence electrons. The maximum absolute atomic E-state index is 12.6. The second kappa shape index (κ2) is 4.93. The summed E-state index contributed by atoms with van der Waals surface area (Å²) in [5.41, 5.74) is 0. The molecule has 1 aromatic heterocycles. The van der Waals surface area contributed by atoms with Crippen LogP contribution in [-0.2, 0) is 21.0 Å². The van der Waals surface area contributed by atoms with Crippen LogP contribution >= 0.6 is 11.3 Å². The lowest BCUT2D eigenvalue weighted by molar-refractivity contribution is -0.142. The van der Waals surface area contributed by atoms with Gasteiger partial charge >= 0.3 is 12.1 Å². The van der Waals surface area contributed by atoms with Crippen LogP contribution in [0.5, 0.6) is 0 Å². The molecule has 0 saturated carbocycles. The summed E-state index contributed by atoms with van der Waals surface area (Å²) in [6, 6.07) is 0.581. The van der Waals surface area contributed by atoms with Crippen LogP contribution in [0.15, 0.2) is 16.3 Å². The fraction of sp³-hybridized carbons (Fsp3) is 0.583.